The van der Waals surface area contributed by atoms with Crippen LogP contribution in [-0.4, -0.2) is 42.9 Å². The van der Waals surface area contributed by atoms with Gasteiger partial charge in [-0.2, -0.15) is 0 Å². The van der Waals surface area contributed by atoms with Gasteiger partial charge >= 0.3 is 0 Å². The van der Waals surface area contributed by atoms with E-state index in [0.29, 0.717) is 6.54 Å². The number of nitrogens with zero attached hydrogens (tertiary/aromatic N) is 2. The summed E-state index contributed by atoms with van der Waals surface area (Å²) in [6.07, 6.45) is 7.91. The molecular weight excluding hydrogens is 350 g/mol. The van der Waals surface area contributed by atoms with E-state index in [1.807, 2.05) is 19.1 Å². The van der Waals surface area contributed by atoms with Crippen molar-refractivity contribution in [2.75, 3.05) is 36.4 Å². The average Bonchev–Trinajstić information content (AvgIpc) is 2.68. The van der Waals surface area contributed by atoms with Crippen LogP contribution in [0.5, 0.6) is 0 Å². The van der Waals surface area contributed by atoms with Crippen molar-refractivity contribution in [1.29, 1.82) is 0 Å². The third-order valence-corrected chi connectivity index (χ3v) is 5.48. The molecule has 2 amide bonds. The molecule has 0 bridgehead atoms. The first-order chi connectivity index (χ1) is 13.4. The van der Waals surface area contributed by atoms with Crippen LogP contribution >= 0.6 is 0 Å². The maximum absolute atomic E-state index is 12.5. The van der Waals surface area contributed by atoms with Crippen LogP contribution in [0.15, 0.2) is 29.8 Å². The van der Waals surface area contributed by atoms with Gasteiger partial charge in [0, 0.05) is 37.9 Å². The molecule has 154 valence electrons. The van der Waals surface area contributed by atoms with E-state index in [0.717, 1.165) is 49.3 Å². The Morgan fingerprint density at radius 3 is 2.46 bits per heavy atom. The van der Waals surface area contributed by atoms with Crippen LogP contribution < -0.4 is 10.2 Å². The number of benzene rings is 1. The van der Waals surface area contributed by atoms with Gasteiger partial charge in [0.2, 0.25) is 11.8 Å². The lowest BCUT2D eigenvalue weighted by Crippen LogP contribution is -2.37. The molecule has 5 heteroatoms. The summed E-state index contributed by atoms with van der Waals surface area (Å²) in [5.74, 6) is -0.202. The number of carbonyl (C=O) groups excluding carboxylic acids is 2. The van der Waals surface area contributed by atoms with Crippen molar-refractivity contribution in [2.24, 2.45) is 0 Å². The van der Waals surface area contributed by atoms with E-state index < -0.39 is 0 Å². The Labute approximate surface area is 169 Å². The van der Waals surface area contributed by atoms with E-state index >= 15 is 0 Å². The number of nitrogens with one attached hydrogen (secondary N) is 1. The highest BCUT2D eigenvalue weighted by atomic mass is 16.2. The topological polar surface area (TPSA) is 52.7 Å². The SMILES string of the molecule is CCN(CC)c1ccc(NC(=O)CN(CCC2=CCCCC2)C(C)=O)c(C)c1. The Bertz CT molecular complexity index is 708. The number of allylic oxidation sites excluding steroid dienone is 1. The maximum atomic E-state index is 12.5. The molecule has 0 unspecified atom stereocenters. The van der Waals surface area contributed by atoms with Crippen LogP contribution in [-0.2, 0) is 9.59 Å². The lowest BCUT2D eigenvalue weighted by molar-refractivity contribution is -0.132. The van der Waals surface area contributed by atoms with E-state index in [4.69, 9.17) is 0 Å². The predicted molar refractivity (Wildman–Crippen MR) is 117 cm³/mol. The van der Waals surface area contributed by atoms with E-state index in [9.17, 15) is 9.59 Å². The molecule has 1 aliphatic rings. The third-order valence-electron chi connectivity index (χ3n) is 5.48. The Morgan fingerprint density at radius 1 is 1.14 bits per heavy atom. The summed E-state index contributed by atoms with van der Waals surface area (Å²) in [5.41, 5.74) is 4.41. The fourth-order valence-corrected chi connectivity index (χ4v) is 3.69. The highest BCUT2D eigenvalue weighted by Crippen LogP contribution is 2.23. The number of hydrogen-bond donors (Lipinski definition) is 1. The maximum Gasteiger partial charge on any atom is 0.244 e. The largest absolute Gasteiger partial charge is 0.372 e. The van der Waals surface area contributed by atoms with Gasteiger partial charge in [0.05, 0.1) is 6.54 Å². The van der Waals surface area contributed by atoms with Crippen LogP contribution in [0.25, 0.3) is 0 Å². The summed E-state index contributed by atoms with van der Waals surface area (Å²) in [6.45, 7) is 10.4. The van der Waals surface area contributed by atoms with Gasteiger partial charge in [-0.25, -0.2) is 0 Å². The minimum Gasteiger partial charge on any atom is -0.372 e. The van der Waals surface area contributed by atoms with E-state index in [-0.39, 0.29) is 18.4 Å². The minimum atomic E-state index is -0.147. The van der Waals surface area contributed by atoms with Crippen molar-refractivity contribution in [3.8, 4) is 0 Å². The Balaban J connectivity index is 1.94. The zero-order chi connectivity index (χ0) is 20.5. The molecule has 0 radical (unpaired) electrons. The summed E-state index contributed by atoms with van der Waals surface area (Å²) in [7, 11) is 0. The smallest absolute Gasteiger partial charge is 0.244 e. The molecule has 0 saturated carbocycles. The van der Waals surface area contributed by atoms with Gasteiger partial charge in [0.25, 0.3) is 0 Å². The van der Waals surface area contributed by atoms with Crippen molar-refractivity contribution in [3.63, 3.8) is 0 Å². The molecule has 1 aliphatic carbocycles. The summed E-state index contributed by atoms with van der Waals surface area (Å²) in [4.78, 5) is 28.4. The Morgan fingerprint density at radius 2 is 1.89 bits per heavy atom. The molecule has 1 N–H and O–H groups in total. The number of amides is 2. The molecule has 0 heterocycles. The standard InChI is InChI=1S/C23H35N3O2/c1-5-25(6-2)21-12-13-22(18(3)16-21)24-23(28)17-26(19(4)27)15-14-20-10-8-7-9-11-20/h10,12-13,16H,5-9,11,14-15,17H2,1-4H3,(H,24,28). The first kappa shape index (κ1) is 22.0. The highest BCUT2D eigenvalue weighted by molar-refractivity contribution is 5.95. The molecule has 0 atom stereocenters. The van der Waals surface area contributed by atoms with Crippen LogP contribution in [0.1, 0.15) is 58.4 Å². The lowest BCUT2D eigenvalue weighted by Gasteiger charge is -2.24. The van der Waals surface area contributed by atoms with Crippen LogP contribution in [0, 0.1) is 6.92 Å². The molecule has 0 aliphatic heterocycles. The van der Waals surface area contributed by atoms with Gasteiger partial charge in [0.1, 0.15) is 0 Å². The van der Waals surface area contributed by atoms with Crippen molar-refractivity contribution < 1.29 is 9.59 Å². The van der Waals surface area contributed by atoms with Gasteiger partial charge in [-0.3, -0.25) is 9.59 Å². The van der Waals surface area contributed by atoms with Gasteiger partial charge in [-0.1, -0.05) is 11.6 Å². The second kappa shape index (κ2) is 10.9. The zero-order valence-electron chi connectivity index (χ0n) is 17.9. The summed E-state index contributed by atoms with van der Waals surface area (Å²) < 4.78 is 0. The molecule has 0 aromatic heterocycles. The van der Waals surface area contributed by atoms with Crippen LogP contribution in [0.4, 0.5) is 11.4 Å². The normalized spacial score (nSPS) is 13.6. The van der Waals surface area contributed by atoms with Crippen LogP contribution in [0.3, 0.4) is 0 Å². The first-order valence-electron chi connectivity index (χ1n) is 10.5. The fraction of sp³-hybridized carbons (Fsp3) is 0.565. The molecule has 2 rings (SSSR count). The number of rotatable bonds is 9. The minimum absolute atomic E-state index is 0.0554. The lowest BCUT2D eigenvalue weighted by atomic mass is 9.97. The Hall–Kier alpha value is -2.30. The summed E-state index contributed by atoms with van der Waals surface area (Å²) >= 11 is 0. The van der Waals surface area contributed by atoms with Crippen LogP contribution in [0.2, 0.25) is 0 Å². The average molecular weight is 386 g/mol. The predicted octanol–water partition coefficient (Wildman–Crippen LogP) is 4.52. The molecule has 5 nitrogen and oxygen atoms in total. The van der Waals surface area contributed by atoms with E-state index in [2.05, 4.69) is 36.2 Å². The van der Waals surface area contributed by atoms with Crippen molar-refractivity contribution in [1.82, 2.24) is 4.90 Å². The molecule has 0 spiro atoms. The van der Waals surface area contributed by atoms with Crippen molar-refractivity contribution in [2.45, 2.75) is 59.8 Å². The second-order valence-electron chi connectivity index (χ2n) is 7.52. The molecule has 1 aromatic rings. The molecule has 1 aromatic carbocycles. The van der Waals surface area contributed by atoms with E-state index in [1.165, 1.54) is 25.3 Å². The quantitative estimate of drug-likeness (QED) is 0.636. The second-order valence-corrected chi connectivity index (χ2v) is 7.52. The monoisotopic (exact) mass is 385 g/mol. The zero-order valence-corrected chi connectivity index (χ0v) is 17.9. The summed E-state index contributed by atoms with van der Waals surface area (Å²) in [5, 5.41) is 2.97. The summed E-state index contributed by atoms with van der Waals surface area (Å²) in [6, 6.07) is 6.08. The third kappa shape index (κ3) is 6.39. The highest BCUT2D eigenvalue weighted by Gasteiger charge is 2.16. The molecule has 0 fully saturated rings. The van der Waals surface area contributed by atoms with E-state index in [1.54, 1.807) is 4.90 Å². The van der Waals surface area contributed by atoms with Crippen molar-refractivity contribution in [3.05, 3.63) is 35.4 Å². The molecule has 28 heavy (non-hydrogen) atoms. The Kier molecular flexibility index (Phi) is 8.55. The molecular formula is C23H35N3O2. The van der Waals surface area contributed by atoms with Gasteiger partial charge in [-0.05, 0) is 76.6 Å². The first-order valence-corrected chi connectivity index (χ1v) is 10.5. The molecule has 0 saturated heterocycles. The number of anilines is 2. The number of carbonyl (C=O) groups is 2. The fourth-order valence-electron chi connectivity index (χ4n) is 3.69. The van der Waals surface area contributed by atoms with Crippen molar-refractivity contribution >= 4 is 23.2 Å². The van der Waals surface area contributed by atoms with Gasteiger partial charge < -0.3 is 15.1 Å². The van der Waals surface area contributed by atoms with Gasteiger partial charge in [0.15, 0.2) is 0 Å². The number of aryl methyl sites for hydroxylation is 1. The van der Waals surface area contributed by atoms with Gasteiger partial charge in [-0.15, -0.1) is 0 Å². The number of hydrogen-bond acceptors (Lipinski definition) is 3.